The Hall–Kier alpha value is -0.530. The minimum Gasteiger partial charge on any atom is -0.396 e. The highest BCUT2D eigenvalue weighted by Gasteiger charge is 2.05. The summed E-state index contributed by atoms with van der Waals surface area (Å²) in [5, 5.41) is 8.61. The summed E-state index contributed by atoms with van der Waals surface area (Å²) in [6.45, 7) is 2.18. The minimum absolute atomic E-state index is 0.0596. The van der Waals surface area contributed by atoms with Crippen LogP contribution in [0.5, 0.6) is 0 Å². The van der Waals surface area contributed by atoms with Gasteiger partial charge in [0.05, 0.1) is 5.38 Å². The fraction of sp³-hybridized carbons (Fsp3) is 0.400. The van der Waals surface area contributed by atoms with Crippen LogP contribution in [0.2, 0.25) is 0 Å². The van der Waals surface area contributed by atoms with E-state index in [0.29, 0.717) is 6.42 Å². The van der Waals surface area contributed by atoms with Gasteiger partial charge in [0, 0.05) is 6.61 Å². The number of hydrogen-bond donors (Lipinski definition) is 1. The van der Waals surface area contributed by atoms with E-state index in [0.717, 1.165) is 5.56 Å². The zero-order chi connectivity index (χ0) is 8.97. The van der Waals surface area contributed by atoms with E-state index >= 15 is 0 Å². The van der Waals surface area contributed by atoms with Crippen LogP contribution in [0.1, 0.15) is 22.9 Å². The lowest BCUT2D eigenvalue weighted by Crippen LogP contribution is -1.93. The van der Waals surface area contributed by atoms with Crippen molar-refractivity contribution >= 4 is 11.6 Å². The van der Waals surface area contributed by atoms with Gasteiger partial charge in [-0.25, -0.2) is 0 Å². The molecule has 0 bridgehead atoms. The Bertz CT molecular complexity index is 230. The summed E-state index contributed by atoms with van der Waals surface area (Å²) in [7, 11) is 0. The molecule has 0 saturated carbocycles. The average Bonchev–Trinajstić information content (AvgIpc) is 2.06. The van der Waals surface area contributed by atoms with E-state index in [2.05, 4.69) is 0 Å². The van der Waals surface area contributed by atoms with E-state index in [9.17, 15) is 0 Å². The number of hydrogen-bond acceptors (Lipinski definition) is 1. The summed E-state index contributed by atoms with van der Waals surface area (Å²) in [5.74, 6) is 0. The third-order valence-corrected chi connectivity index (χ3v) is 2.29. The summed E-state index contributed by atoms with van der Waals surface area (Å²) in [6.07, 6.45) is 0.616. The van der Waals surface area contributed by atoms with Gasteiger partial charge in [0.1, 0.15) is 0 Å². The summed E-state index contributed by atoms with van der Waals surface area (Å²) in [5.41, 5.74) is 2.31. The summed E-state index contributed by atoms with van der Waals surface area (Å²) in [4.78, 5) is 0. The van der Waals surface area contributed by atoms with Gasteiger partial charge in [0.2, 0.25) is 0 Å². The molecule has 0 amide bonds. The molecule has 1 aromatic rings. The lowest BCUT2D eigenvalue weighted by molar-refractivity contribution is 0.286. The highest BCUT2D eigenvalue weighted by molar-refractivity contribution is 6.20. The Morgan fingerprint density at radius 1 is 1.33 bits per heavy atom. The van der Waals surface area contributed by atoms with Gasteiger partial charge in [-0.15, -0.1) is 11.6 Å². The maximum atomic E-state index is 8.67. The topological polar surface area (TPSA) is 20.2 Å². The molecule has 66 valence electrons. The molecule has 1 rings (SSSR count). The van der Waals surface area contributed by atoms with Crippen LogP contribution in [0, 0.1) is 6.92 Å². The maximum Gasteiger partial charge on any atom is 0.0607 e. The highest BCUT2D eigenvalue weighted by atomic mass is 35.5. The summed E-state index contributed by atoms with van der Waals surface area (Å²) >= 11 is 6.00. The van der Waals surface area contributed by atoms with E-state index < -0.39 is 0 Å². The predicted octanol–water partition coefficient (Wildman–Crippen LogP) is 2.66. The van der Waals surface area contributed by atoms with Crippen molar-refractivity contribution in [3.63, 3.8) is 0 Å². The van der Waals surface area contributed by atoms with E-state index in [1.54, 1.807) is 0 Å². The van der Waals surface area contributed by atoms with Gasteiger partial charge in [0.25, 0.3) is 0 Å². The summed E-state index contributed by atoms with van der Waals surface area (Å²) < 4.78 is 0. The second-order valence-corrected chi connectivity index (χ2v) is 3.42. The number of halogens is 1. The largest absolute Gasteiger partial charge is 0.396 e. The Labute approximate surface area is 78.0 Å². The molecule has 0 aliphatic carbocycles. The van der Waals surface area contributed by atoms with Gasteiger partial charge in [-0.1, -0.05) is 29.8 Å². The smallest absolute Gasteiger partial charge is 0.0607 e. The SMILES string of the molecule is Cc1ccc(C(Cl)CCO)cc1. The first-order valence-corrected chi connectivity index (χ1v) is 4.49. The van der Waals surface area contributed by atoms with Crippen molar-refractivity contribution in [2.75, 3.05) is 6.61 Å². The fourth-order valence-electron chi connectivity index (χ4n) is 1.06. The van der Waals surface area contributed by atoms with E-state index in [4.69, 9.17) is 16.7 Å². The molecule has 0 aliphatic heterocycles. The molecule has 1 aromatic carbocycles. The number of aliphatic hydroxyl groups excluding tert-OH is 1. The van der Waals surface area contributed by atoms with Crippen molar-refractivity contribution in [1.29, 1.82) is 0 Å². The fourth-order valence-corrected chi connectivity index (χ4v) is 1.30. The Balaban J connectivity index is 2.68. The lowest BCUT2D eigenvalue weighted by atomic mass is 10.1. The summed E-state index contributed by atoms with van der Waals surface area (Å²) in [6, 6.07) is 8.06. The third kappa shape index (κ3) is 2.50. The monoisotopic (exact) mass is 184 g/mol. The van der Waals surface area contributed by atoms with E-state index in [-0.39, 0.29) is 12.0 Å². The quantitative estimate of drug-likeness (QED) is 0.717. The van der Waals surface area contributed by atoms with Crippen LogP contribution < -0.4 is 0 Å². The Kier molecular flexibility index (Phi) is 3.57. The second kappa shape index (κ2) is 4.48. The molecule has 0 radical (unpaired) electrons. The van der Waals surface area contributed by atoms with Crippen LogP contribution in [0.15, 0.2) is 24.3 Å². The number of alkyl halides is 1. The van der Waals surface area contributed by atoms with Gasteiger partial charge < -0.3 is 5.11 Å². The predicted molar refractivity (Wildman–Crippen MR) is 51.5 cm³/mol. The molecule has 0 fully saturated rings. The van der Waals surface area contributed by atoms with Crippen LogP contribution in [-0.2, 0) is 0 Å². The number of aliphatic hydroxyl groups is 1. The van der Waals surface area contributed by atoms with Gasteiger partial charge in [-0.3, -0.25) is 0 Å². The van der Waals surface area contributed by atoms with Gasteiger partial charge in [-0.2, -0.15) is 0 Å². The van der Waals surface area contributed by atoms with Gasteiger partial charge >= 0.3 is 0 Å². The molecule has 0 aromatic heterocycles. The van der Waals surface area contributed by atoms with Crippen LogP contribution in [0.4, 0.5) is 0 Å². The van der Waals surface area contributed by atoms with Crippen molar-refractivity contribution < 1.29 is 5.11 Å². The molecule has 0 aliphatic rings. The average molecular weight is 185 g/mol. The van der Waals surface area contributed by atoms with Crippen LogP contribution in [0.3, 0.4) is 0 Å². The standard InChI is InChI=1S/C10H13ClO/c1-8-2-4-9(5-3-8)10(11)6-7-12/h2-5,10,12H,6-7H2,1H3. The maximum absolute atomic E-state index is 8.67. The van der Waals surface area contributed by atoms with Crippen LogP contribution >= 0.6 is 11.6 Å². The highest BCUT2D eigenvalue weighted by Crippen LogP contribution is 2.23. The molecule has 0 spiro atoms. The van der Waals surface area contributed by atoms with Crippen LogP contribution in [0.25, 0.3) is 0 Å². The lowest BCUT2D eigenvalue weighted by Gasteiger charge is -2.07. The molecule has 12 heavy (non-hydrogen) atoms. The van der Waals surface area contributed by atoms with Crippen LogP contribution in [-0.4, -0.2) is 11.7 Å². The van der Waals surface area contributed by atoms with Crippen molar-refractivity contribution in [3.05, 3.63) is 35.4 Å². The molecule has 1 N–H and O–H groups in total. The third-order valence-electron chi connectivity index (χ3n) is 1.82. The molecular weight excluding hydrogens is 172 g/mol. The molecule has 1 atom stereocenters. The molecule has 0 heterocycles. The van der Waals surface area contributed by atoms with Crippen molar-refractivity contribution in [2.45, 2.75) is 18.7 Å². The van der Waals surface area contributed by atoms with E-state index in [1.807, 2.05) is 31.2 Å². The molecule has 1 unspecified atom stereocenters. The van der Waals surface area contributed by atoms with Gasteiger partial charge in [-0.05, 0) is 18.9 Å². The number of aryl methyl sites for hydroxylation is 1. The van der Waals surface area contributed by atoms with Crippen molar-refractivity contribution in [1.82, 2.24) is 0 Å². The molecule has 1 nitrogen and oxygen atoms in total. The van der Waals surface area contributed by atoms with E-state index in [1.165, 1.54) is 5.56 Å². The van der Waals surface area contributed by atoms with Gasteiger partial charge in [0.15, 0.2) is 0 Å². The minimum atomic E-state index is -0.0596. The zero-order valence-electron chi connectivity index (χ0n) is 7.13. The van der Waals surface area contributed by atoms with Crippen molar-refractivity contribution in [3.8, 4) is 0 Å². The zero-order valence-corrected chi connectivity index (χ0v) is 7.88. The Morgan fingerprint density at radius 2 is 1.92 bits per heavy atom. The first-order chi connectivity index (χ1) is 5.74. The molecule has 2 heteroatoms. The second-order valence-electron chi connectivity index (χ2n) is 2.89. The molecular formula is C10H13ClO. The first kappa shape index (κ1) is 9.56. The van der Waals surface area contributed by atoms with Crippen molar-refractivity contribution in [2.24, 2.45) is 0 Å². The number of benzene rings is 1. The first-order valence-electron chi connectivity index (χ1n) is 4.05. The molecule has 0 saturated heterocycles. The number of rotatable bonds is 3. The normalized spacial score (nSPS) is 12.9. The Morgan fingerprint density at radius 3 is 2.42 bits per heavy atom.